The zero-order valence-electron chi connectivity index (χ0n) is 18.8. The van der Waals surface area contributed by atoms with Gasteiger partial charge in [-0.1, -0.05) is 23.4 Å². The third kappa shape index (κ3) is 3.09. The van der Waals surface area contributed by atoms with Crippen LogP contribution in [0, 0.1) is 11.8 Å². The van der Waals surface area contributed by atoms with Crippen molar-refractivity contribution in [3.05, 3.63) is 36.9 Å². The number of aliphatic carboxylic acids is 1. The lowest BCUT2D eigenvalue weighted by Gasteiger charge is -2.37. The van der Waals surface area contributed by atoms with E-state index < -0.39 is 33.3 Å². The molecule has 2 N–H and O–H groups in total. The molecule has 10 nitrogen and oxygen atoms in total. The molecule has 180 valence electrons. The molecular weight excluding hydrogens is 458 g/mol. The molecule has 2 aromatic rings. The zero-order valence-corrected chi connectivity index (χ0v) is 19.6. The molecule has 3 fully saturated rings. The highest BCUT2D eigenvalue weighted by Gasteiger charge is 2.77. The lowest BCUT2D eigenvalue weighted by atomic mass is 9.66. The summed E-state index contributed by atoms with van der Waals surface area (Å²) in [6.45, 7) is 5.66. The Kier molecular flexibility index (Phi) is 5.44. The molecule has 0 saturated carbocycles. The summed E-state index contributed by atoms with van der Waals surface area (Å²) in [6, 6.07) is 6.55. The molecule has 4 heterocycles. The Balaban J connectivity index is 1.54. The monoisotopic (exact) mass is 485 g/mol. The van der Waals surface area contributed by atoms with Crippen molar-refractivity contribution in [3.63, 3.8) is 0 Å². The summed E-state index contributed by atoms with van der Waals surface area (Å²) in [4.78, 5) is 42.8. The third-order valence-electron chi connectivity index (χ3n) is 7.50. The molecule has 5 rings (SSSR count). The van der Waals surface area contributed by atoms with Gasteiger partial charge >= 0.3 is 5.97 Å². The Morgan fingerprint density at radius 3 is 2.82 bits per heavy atom. The molecule has 5 atom stereocenters. The Hall–Kier alpha value is -2.92. The minimum atomic E-state index is -1.01. The van der Waals surface area contributed by atoms with E-state index in [4.69, 9.17) is 0 Å². The Morgan fingerprint density at radius 1 is 1.35 bits per heavy atom. The molecule has 0 radical (unpaired) electrons. The molecule has 3 aliphatic heterocycles. The van der Waals surface area contributed by atoms with E-state index in [0.29, 0.717) is 18.4 Å². The number of fused-ring (bicyclic) bond motifs is 2. The lowest BCUT2D eigenvalue weighted by molar-refractivity contribution is -0.150. The number of aromatic nitrogens is 3. The van der Waals surface area contributed by atoms with Crippen molar-refractivity contribution < 1.29 is 24.6 Å². The summed E-state index contributed by atoms with van der Waals surface area (Å²) in [5.41, 5.74) is 1.47. The molecule has 1 spiro atoms. The van der Waals surface area contributed by atoms with Crippen LogP contribution in [0.25, 0.3) is 11.0 Å². The van der Waals surface area contributed by atoms with Crippen LogP contribution in [-0.4, -0.2) is 88.0 Å². The number of thioether (sulfide) groups is 1. The number of carboxylic acid groups (broad SMARTS) is 1. The summed E-state index contributed by atoms with van der Waals surface area (Å²) in [6.07, 6.45) is 2.80. The van der Waals surface area contributed by atoms with Crippen LogP contribution >= 0.6 is 11.8 Å². The van der Waals surface area contributed by atoms with E-state index >= 15 is 0 Å². The van der Waals surface area contributed by atoms with Gasteiger partial charge in [0.2, 0.25) is 11.8 Å². The molecule has 0 aliphatic carbocycles. The van der Waals surface area contributed by atoms with E-state index in [1.807, 2.05) is 31.2 Å². The highest BCUT2D eigenvalue weighted by molar-refractivity contribution is 8.02. The van der Waals surface area contributed by atoms with E-state index in [1.54, 1.807) is 15.7 Å². The maximum Gasteiger partial charge on any atom is 0.308 e. The van der Waals surface area contributed by atoms with Gasteiger partial charge in [0.1, 0.15) is 18.2 Å². The number of rotatable bonds is 8. The SMILES string of the molecule is C=CCN(Cn1nnc2ccccc21)C(=O)C1N(CCO)C(=O)[C@@H]2[C@@H](C(=O)O)[C@@]3(C)CCC12S3. The normalized spacial score (nSPS) is 31.8. The minimum absolute atomic E-state index is 0.0225. The molecule has 3 aliphatic rings. The predicted octanol–water partition coefficient (Wildman–Crippen LogP) is 0.962. The van der Waals surface area contributed by atoms with Crippen molar-refractivity contribution in [3.8, 4) is 0 Å². The minimum Gasteiger partial charge on any atom is -0.481 e. The lowest BCUT2D eigenvalue weighted by Crippen LogP contribution is -2.55. The maximum absolute atomic E-state index is 14.1. The summed E-state index contributed by atoms with van der Waals surface area (Å²) >= 11 is 1.47. The summed E-state index contributed by atoms with van der Waals surface area (Å²) < 4.78 is 0.173. The predicted molar refractivity (Wildman–Crippen MR) is 125 cm³/mol. The van der Waals surface area contributed by atoms with Crippen molar-refractivity contribution in [1.82, 2.24) is 24.8 Å². The second-order valence-corrected chi connectivity index (χ2v) is 11.3. The smallest absolute Gasteiger partial charge is 0.308 e. The molecule has 2 unspecified atom stereocenters. The Morgan fingerprint density at radius 2 is 2.12 bits per heavy atom. The Labute approximate surface area is 200 Å². The number of carboxylic acids is 1. The van der Waals surface area contributed by atoms with Crippen LogP contribution in [-0.2, 0) is 21.1 Å². The van der Waals surface area contributed by atoms with E-state index in [1.165, 1.54) is 16.7 Å². The second-order valence-electron chi connectivity index (χ2n) is 9.39. The van der Waals surface area contributed by atoms with E-state index in [-0.39, 0.29) is 38.2 Å². The number of likely N-dealkylation sites (tertiary alicyclic amines) is 1. The van der Waals surface area contributed by atoms with Crippen LogP contribution in [0.2, 0.25) is 0 Å². The van der Waals surface area contributed by atoms with Gasteiger partial charge in [0.05, 0.1) is 28.7 Å². The number of aliphatic hydroxyl groups excluding tert-OH is 1. The number of hydrogen-bond donors (Lipinski definition) is 2. The fourth-order valence-electron chi connectivity index (χ4n) is 6.16. The van der Waals surface area contributed by atoms with Gasteiger partial charge in [-0.2, -0.15) is 0 Å². The third-order valence-corrected chi connectivity index (χ3v) is 9.49. The van der Waals surface area contributed by atoms with E-state index in [0.717, 1.165) is 5.52 Å². The molecule has 34 heavy (non-hydrogen) atoms. The van der Waals surface area contributed by atoms with Crippen LogP contribution in [0.4, 0.5) is 0 Å². The van der Waals surface area contributed by atoms with Crippen molar-refractivity contribution in [2.24, 2.45) is 11.8 Å². The quantitative estimate of drug-likeness (QED) is 0.529. The summed E-state index contributed by atoms with van der Waals surface area (Å²) in [5, 5.41) is 28.0. The van der Waals surface area contributed by atoms with Crippen LogP contribution < -0.4 is 0 Å². The highest BCUT2D eigenvalue weighted by Crippen LogP contribution is 2.71. The van der Waals surface area contributed by atoms with Gasteiger partial charge < -0.3 is 20.0 Å². The molecule has 2 bridgehead atoms. The summed E-state index contributed by atoms with van der Waals surface area (Å²) in [5.74, 6) is -3.34. The van der Waals surface area contributed by atoms with Crippen LogP contribution in [0.1, 0.15) is 19.8 Å². The molecule has 1 aromatic carbocycles. The largest absolute Gasteiger partial charge is 0.481 e. The number of carbonyl (C=O) groups excluding carboxylic acids is 2. The zero-order chi connectivity index (χ0) is 24.3. The number of hydrogen-bond acceptors (Lipinski definition) is 7. The number of nitrogens with zero attached hydrogens (tertiary/aromatic N) is 5. The van der Waals surface area contributed by atoms with Crippen molar-refractivity contribution in [2.75, 3.05) is 19.7 Å². The number of benzene rings is 1. The first kappa shape index (κ1) is 22.9. The van der Waals surface area contributed by atoms with Gasteiger partial charge in [-0.15, -0.1) is 23.4 Å². The van der Waals surface area contributed by atoms with Gasteiger partial charge in [0.25, 0.3) is 0 Å². The topological polar surface area (TPSA) is 129 Å². The standard InChI is InChI=1S/C23H27N5O5S/c1-3-10-26(13-28-15-7-5-4-6-14(15)24-25-28)20(31)18-23-9-8-22(2,34-23)17(21(32)33)16(23)19(30)27(18)11-12-29/h3-7,16-18,29H,1,8-13H2,2H3,(H,32,33)/t16-,17-,18?,22+,23?/m0/s1. The second kappa shape index (κ2) is 8.09. The number of β-amino-alcohol motifs (C(OH)–C–C–N with tert-alkyl or cyclic N) is 1. The van der Waals surface area contributed by atoms with Crippen molar-refractivity contribution >= 4 is 40.6 Å². The molecule has 3 saturated heterocycles. The fraction of sp³-hybridized carbons (Fsp3) is 0.522. The molecular formula is C23H27N5O5S. The maximum atomic E-state index is 14.1. The molecule has 1 aromatic heterocycles. The Bertz CT molecular complexity index is 1190. The average Bonchev–Trinajstić information content (AvgIpc) is 3.50. The van der Waals surface area contributed by atoms with Crippen LogP contribution in [0.3, 0.4) is 0 Å². The van der Waals surface area contributed by atoms with E-state index in [2.05, 4.69) is 16.9 Å². The van der Waals surface area contributed by atoms with Gasteiger partial charge in [0.15, 0.2) is 0 Å². The van der Waals surface area contributed by atoms with Gasteiger partial charge in [-0.05, 0) is 31.9 Å². The van der Waals surface area contributed by atoms with Gasteiger partial charge in [-0.25, -0.2) is 4.68 Å². The highest BCUT2D eigenvalue weighted by atomic mass is 32.2. The van der Waals surface area contributed by atoms with Crippen molar-refractivity contribution in [2.45, 2.75) is 42.0 Å². The number of carbonyl (C=O) groups is 3. The van der Waals surface area contributed by atoms with Crippen LogP contribution in [0.15, 0.2) is 36.9 Å². The average molecular weight is 486 g/mol. The first-order valence-corrected chi connectivity index (χ1v) is 12.1. The van der Waals surface area contributed by atoms with E-state index in [9.17, 15) is 24.6 Å². The van der Waals surface area contributed by atoms with Crippen LogP contribution in [0.5, 0.6) is 0 Å². The van der Waals surface area contributed by atoms with Gasteiger partial charge in [0, 0.05) is 17.8 Å². The first-order chi connectivity index (χ1) is 16.3. The molecule has 11 heteroatoms. The molecule has 2 amide bonds. The summed E-state index contributed by atoms with van der Waals surface area (Å²) in [7, 11) is 0. The number of amides is 2. The number of para-hydroxylation sites is 1. The first-order valence-electron chi connectivity index (χ1n) is 11.3. The van der Waals surface area contributed by atoms with Crippen molar-refractivity contribution in [1.29, 1.82) is 0 Å². The number of aliphatic hydroxyl groups is 1. The van der Waals surface area contributed by atoms with Gasteiger partial charge in [-0.3, -0.25) is 14.4 Å². The fourth-order valence-corrected chi connectivity index (χ4v) is 8.50.